The Labute approximate surface area is 96.0 Å². The van der Waals surface area contributed by atoms with E-state index in [4.69, 9.17) is 0 Å². The second-order valence-electron chi connectivity index (χ2n) is 5.55. The van der Waals surface area contributed by atoms with Crippen LogP contribution in [0, 0.1) is 23.7 Å². The standard InChI is InChI=1S/C14H27N/c1-7-8-9-10-12(2)13(3)11-15-14(4,5)6/h12-13,15H,9-11H2,1-6H3. The third-order valence-corrected chi connectivity index (χ3v) is 2.83. The molecule has 2 atom stereocenters. The van der Waals surface area contributed by atoms with Gasteiger partial charge in [0.2, 0.25) is 0 Å². The van der Waals surface area contributed by atoms with Crippen LogP contribution in [0.5, 0.6) is 0 Å². The molecule has 0 bridgehead atoms. The van der Waals surface area contributed by atoms with Gasteiger partial charge in [0.25, 0.3) is 0 Å². The summed E-state index contributed by atoms with van der Waals surface area (Å²) >= 11 is 0. The van der Waals surface area contributed by atoms with Crippen LogP contribution >= 0.6 is 0 Å². The number of rotatable bonds is 5. The summed E-state index contributed by atoms with van der Waals surface area (Å²) in [7, 11) is 0. The average Bonchev–Trinajstić information content (AvgIpc) is 2.13. The molecular weight excluding hydrogens is 182 g/mol. The van der Waals surface area contributed by atoms with E-state index in [0.29, 0.717) is 0 Å². The molecule has 0 aromatic heterocycles. The fraction of sp³-hybridized carbons (Fsp3) is 0.857. The Morgan fingerprint density at radius 1 is 1.13 bits per heavy atom. The van der Waals surface area contributed by atoms with Crippen molar-refractivity contribution < 1.29 is 0 Å². The molecule has 0 aromatic carbocycles. The molecule has 1 heteroatoms. The van der Waals surface area contributed by atoms with Crippen LogP contribution < -0.4 is 5.32 Å². The van der Waals surface area contributed by atoms with Crippen LogP contribution in [-0.4, -0.2) is 12.1 Å². The molecule has 1 nitrogen and oxygen atoms in total. The number of hydrogen-bond donors (Lipinski definition) is 1. The summed E-state index contributed by atoms with van der Waals surface area (Å²) in [5, 5.41) is 3.56. The molecule has 0 saturated carbocycles. The van der Waals surface area contributed by atoms with Crippen molar-refractivity contribution in [2.45, 2.75) is 59.9 Å². The Bertz CT molecular complexity index is 214. The van der Waals surface area contributed by atoms with E-state index in [1.807, 2.05) is 6.92 Å². The van der Waals surface area contributed by atoms with Gasteiger partial charge in [0.15, 0.2) is 0 Å². The Morgan fingerprint density at radius 3 is 2.20 bits per heavy atom. The maximum absolute atomic E-state index is 3.56. The molecule has 88 valence electrons. The molecule has 0 amide bonds. The zero-order chi connectivity index (χ0) is 11.9. The van der Waals surface area contributed by atoms with E-state index in [-0.39, 0.29) is 5.54 Å². The fourth-order valence-corrected chi connectivity index (χ4v) is 1.38. The van der Waals surface area contributed by atoms with Gasteiger partial charge in [-0.1, -0.05) is 13.8 Å². The van der Waals surface area contributed by atoms with E-state index in [1.165, 1.54) is 6.42 Å². The molecule has 0 spiro atoms. The van der Waals surface area contributed by atoms with Crippen LogP contribution in [-0.2, 0) is 0 Å². The van der Waals surface area contributed by atoms with Crippen molar-refractivity contribution in [3.8, 4) is 11.8 Å². The largest absolute Gasteiger partial charge is 0.312 e. The second kappa shape index (κ2) is 6.90. The fourth-order valence-electron chi connectivity index (χ4n) is 1.38. The van der Waals surface area contributed by atoms with E-state index >= 15 is 0 Å². The van der Waals surface area contributed by atoms with Crippen molar-refractivity contribution in [1.29, 1.82) is 0 Å². The highest BCUT2D eigenvalue weighted by Gasteiger charge is 2.15. The van der Waals surface area contributed by atoms with Crippen molar-refractivity contribution in [3.63, 3.8) is 0 Å². The number of nitrogens with one attached hydrogen (secondary N) is 1. The van der Waals surface area contributed by atoms with E-state index in [2.05, 4.69) is 51.8 Å². The minimum absolute atomic E-state index is 0.233. The highest BCUT2D eigenvalue weighted by molar-refractivity contribution is 4.95. The molecule has 2 unspecified atom stereocenters. The lowest BCUT2D eigenvalue weighted by molar-refractivity contribution is 0.309. The quantitative estimate of drug-likeness (QED) is 0.684. The first-order valence-corrected chi connectivity index (χ1v) is 6.01. The molecule has 0 aliphatic heterocycles. The molecule has 0 heterocycles. The highest BCUT2D eigenvalue weighted by atomic mass is 14.9. The first-order chi connectivity index (χ1) is 6.87. The predicted octanol–water partition coefficient (Wildman–Crippen LogP) is 3.45. The van der Waals surface area contributed by atoms with E-state index in [9.17, 15) is 0 Å². The summed E-state index contributed by atoms with van der Waals surface area (Å²) in [6, 6.07) is 0. The third-order valence-electron chi connectivity index (χ3n) is 2.83. The van der Waals surface area contributed by atoms with Gasteiger partial charge in [0.05, 0.1) is 0 Å². The van der Waals surface area contributed by atoms with E-state index < -0.39 is 0 Å². The summed E-state index contributed by atoms with van der Waals surface area (Å²) < 4.78 is 0. The van der Waals surface area contributed by atoms with Crippen LogP contribution in [0.4, 0.5) is 0 Å². The molecule has 0 aliphatic rings. The van der Waals surface area contributed by atoms with Gasteiger partial charge in [-0.3, -0.25) is 0 Å². The summed E-state index contributed by atoms with van der Waals surface area (Å²) in [5.74, 6) is 7.56. The highest BCUT2D eigenvalue weighted by Crippen LogP contribution is 2.16. The van der Waals surface area contributed by atoms with Gasteiger partial charge in [0.1, 0.15) is 0 Å². The summed E-state index contributed by atoms with van der Waals surface area (Å²) in [6.07, 6.45) is 2.26. The minimum Gasteiger partial charge on any atom is -0.312 e. The molecule has 15 heavy (non-hydrogen) atoms. The summed E-state index contributed by atoms with van der Waals surface area (Å²) in [4.78, 5) is 0. The van der Waals surface area contributed by atoms with Crippen LogP contribution in [0.3, 0.4) is 0 Å². The molecule has 0 saturated heterocycles. The van der Waals surface area contributed by atoms with Crippen molar-refractivity contribution in [2.24, 2.45) is 11.8 Å². The lowest BCUT2D eigenvalue weighted by atomic mass is 9.91. The topological polar surface area (TPSA) is 12.0 Å². The normalized spacial score (nSPS) is 15.3. The van der Waals surface area contributed by atoms with Gasteiger partial charge < -0.3 is 5.32 Å². The zero-order valence-corrected chi connectivity index (χ0v) is 11.3. The van der Waals surface area contributed by atoms with Gasteiger partial charge >= 0.3 is 0 Å². The van der Waals surface area contributed by atoms with E-state index in [0.717, 1.165) is 24.8 Å². The molecular formula is C14H27N. The SMILES string of the molecule is CC#CCCC(C)C(C)CNC(C)(C)C. The molecule has 0 radical (unpaired) electrons. The summed E-state index contributed by atoms with van der Waals surface area (Å²) in [6.45, 7) is 14.3. The lowest BCUT2D eigenvalue weighted by Gasteiger charge is -2.26. The third kappa shape index (κ3) is 8.51. The minimum atomic E-state index is 0.233. The van der Waals surface area contributed by atoms with Crippen molar-refractivity contribution in [2.75, 3.05) is 6.54 Å². The molecule has 1 N–H and O–H groups in total. The molecule has 0 aromatic rings. The Hall–Kier alpha value is -0.480. The van der Waals surface area contributed by atoms with Crippen LogP contribution in [0.15, 0.2) is 0 Å². The van der Waals surface area contributed by atoms with Crippen LogP contribution in [0.25, 0.3) is 0 Å². The first kappa shape index (κ1) is 14.5. The maximum atomic E-state index is 3.56. The maximum Gasteiger partial charge on any atom is 0.00966 e. The monoisotopic (exact) mass is 209 g/mol. The first-order valence-electron chi connectivity index (χ1n) is 6.01. The second-order valence-corrected chi connectivity index (χ2v) is 5.55. The zero-order valence-electron chi connectivity index (χ0n) is 11.3. The molecule has 0 rings (SSSR count). The Morgan fingerprint density at radius 2 is 1.73 bits per heavy atom. The van der Waals surface area contributed by atoms with Gasteiger partial charge in [-0.25, -0.2) is 0 Å². The molecule has 0 aliphatic carbocycles. The Balaban J connectivity index is 3.77. The van der Waals surface area contributed by atoms with Gasteiger partial charge in [-0.05, 0) is 52.5 Å². The average molecular weight is 209 g/mol. The Kier molecular flexibility index (Phi) is 6.68. The summed E-state index contributed by atoms with van der Waals surface area (Å²) in [5.41, 5.74) is 0.233. The molecule has 0 fully saturated rings. The predicted molar refractivity (Wildman–Crippen MR) is 68.8 cm³/mol. The number of hydrogen-bond acceptors (Lipinski definition) is 1. The van der Waals surface area contributed by atoms with Crippen LogP contribution in [0.2, 0.25) is 0 Å². The van der Waals surface area contributed by atoms with Gasteiger partial charge in [-0.2, -0.15) is 0 Å². The van der Waals surface area contributed by atoms with Crippen molar-refractivity contribution in [3.05, 3.63) is 0 Å². The smallest absolute Gasteiger partial charge is 0.00966 e. The van der Waals surface area contributed by atoms with Crippen LogP contribution in [0.1, 0.15) is 54.4 Å². The van der Waals surface area contributed by atoms with Crippen molar-refractivity contribution in [1.82, 2.24) is 5.32 Å². The van der Waals surface area contributed by atoms with Crippen molar-refractivity contribution >= 4 is 0 Å². The van der Waals surface area contributed by atoms with Gasteiger partial charge in [-0.15, -0.1) is 11.8 Å². The van der Waals surface area contributed by atoms with Gasteiger partial charge in [0, 0.05) is 12.0 Å². The van der Waals surface area contributed by atoms with E-state index in [1.54, 1.807) is 0 Å². The lowest BCUT2D eigenvalue weighted by Crippen LogP contribution is -2.39.